The normalized spacial score (nSPS) is 15.3. The van der Waals surface area contributed by atoms with Crippen LogP contribution in [-0.2, 0) is 0 Å². The second-order valence-electron chi connectivity index (χ2n) is 7.66. The van der Waals surface area contributed by atoms with Crippen LogP contribution >= 0.6 is 0 Å². The first kappa shape index (κ1) is 19.8. The van der Waals surface area contributed by atoms with Crippen LogP contribution in [0.15, 0.2) is 108 Å². The maximum Gasteiger partial charge on any atom is 0.118 e. The highest BCUT2D eigenvalue weighted by Crippen LogP contribution is 2.37. The quantitative estimate of drug-likeness (QED) is 0.404. The van der Waals surface area contributed by atoms with Gasteiger partial charge in [0.05, 0.1) is 24.6 Å². The summed E-state index contributed by atoms with van der Waals surface area (Å²) in [6.45, 7) is 0. The summed E-state index contributed by atoms with van der Waals surface area (Å²) in [5.41, 5.74) is 6.49. The lowest BCUT2D eigenvalue weighted by Crippen LogP contribution is -2.18. The highest BCUT2D eigenvalue weighted by atomic mass is 16.5. The number of hydrogen-bond donors (Lipinski definition) is 1. The fourth-order valence-corrected chi connectivity index (χ4v) is 3.97. The highest BCUT2D eigenvalue weighted by molar-refractivity contribution is 6.04. The third-order valence-corrected chi connectivity index (χ3v) is 5.60. The van der Waals surface area contributed by atoms with Crippen molar-refractivity contribution < 1.29 is 4.74 Å². The van der Waals surface area contributed by atoms with E-state index in [0.29, 0.717) is 0 Å². The molecule has 0 saturated heterocycles. The molecule has 1 aliphatic rings. The van der Waals surface area contributed by atoms with Gasteiger partial charge in [-0.1, -0.05) is 42.5 Å². The molecule has 1 N–H and O–H groups in total. The SMILES string of the molecule is COc1ccc(C2CC(c3cccc(Nc4ccncc4)c3)=NN2c2ccccc2)cc1. The third-order valence-electron chi connectivity index (χ3n) is 5.60. The van der Waals surface area contributed by atoms with Gasteiger partial charge in [-0.15, -0.1) is 0 Å². The topological polar surface area (TPSA) is 49.8 Å². The van der Waals surface area contributed by atoms with Crippen molar-refractivity contribution >= 4 is 22.8 Å². The van der Waals surface area contributed by atoms with Crippen LogP contribution in [0, 0.1) is 0 Å². The number of aromatic nitrogens is 1. The van der Waals surface area contributed by atoms with Crippen molar-refractivity contribution in [2.45, 2.75) is 12.5 Å². The smallest absolute Gasteiger partial charge is 0.118 e. The molecule has 0 fully saturated rings. The molecule has 1 aromatic heterocycles. The Morgan fingerprint density at radius 3 is 2.38 bits per heavy atom. The van der Waals surface area contributed by atoms with E-state index in [1.165, 1.54) is 5.56 Å². The minimum atomic E-state index is 0.120. The number of benzene rings is 3. The van der Waals surface area contributed by atoms with Crippen molar-refractivity contribution in [3.63, 3.8) is 0 Å². The summed E-state index contributed by atoms with van der Waals surface area (Å²) < 4.78 is 5.34. The summed E-state index contributed by atoms with van der Waals surface area (Å²) in [6.07, 6.45) is 4.38. The van der Waals surface area contributed by atoms with E-state index < -0.39 is 0 Å². The molecule has 2 heterocycles. The first-order valence-electron chi connectivity index (χ1n) is 10.6. The Morgan fingerprint density at radius 1 is 0.844 bits per heavy atom. The van der Waals surface area contributed by atoms with Gasteiger partial charge in [0.15, 0.2) is 0 Å². The van der Waals surface area contributed by atoms with Gasteiger partial charge in [-0.25, -0.2) is 0 Å². The molecule has 0 saturated carbocycles. The standard InChI is InChI=1S/C27H24N4O/c1-32-25-12-10-20(11-13-25)27-19-26(30-31(27)24-8-3-2-4-9-24)21-6-5-7-23(18-21)29-22-14-16-28-17-15-22/h2-18,27H,19H2,1H3,(H,28,29). The predicted molar refractivity (Wildman–Crippen MR) is 130 cm³/mol. The largest absolute Gasteiger partial charge is 0.497 e. The maximum atomic E-state index is 5.34. The van der Waals surface area contributed by atoms with Gasteiger partial charge in [-0.05, 0) is 59.7 Å². The molecule has 5 heteroatoms. The Hall–Kier alpha value is -4.12. The number of anilines is 3. The van der Waals surface area contributed by atoms with Gasteiger partial charge in [0.25, 0.3) is 0 Å². The summed E-state index contributed by atoms with van der Waals surface area (Å²) in [5.74, 6) is 0.856. The number of ether oxygens (including phenoxy) is 1. The van der Waals surface area contributed by atoms with Crippen LogP contribution in [0.25, 0.3) is 0 Å². The third kappa shape index (κ3) is 4.18. The Bertz CT molecular complexity index is 1210. The molecule has 0 amide bonds. The molecule has 0 spiro atoms. The van der Waals surface area contributed by atoms with E-state index in [-0.39, 0.29) is 6.04 Å². The van der Waals surface area contributed by atoms with Crippen LogP contribution in [0.5, 0.6) is 5.75 Å². The molecule has 0 radical (unpaired) electrons. The number of hydrogen-bond acceptors (Lipinski definition) is 5. The van der Waals surface area contributed by atoms with Crippen LogP contribution in [0.2, 0.25) is 0 Å². The number of para-hydroxylation sites is 1. The minimum absolute atomic E-state index is 0.120. The van der Waals surface area contributed by atoms with Gasteiger partial charge in [0.2, 0.25) is 0 Å². The van der Waals surface area contributed by atoms with Crippen LogP contribution in [0.1, 0.15) is 23.6 Å². The van der Waals surface area contributed by atoms with Crippen molar-refractivity contribution in [1.82, 2.24) is 4.98 Å². The van der Waals surface area contributed by atoms with Crippen molar-refractivity contribution in [2.24, 2.45) is 5.10 Å². The van der Waals surface area contributed by atoms with Gasteiger partial charge in [0.1, 0.15) is 5.75 Å². The van der Waals surface area contributed by atoms with Crippen molar-refractivity contribution in [3.8, 4) is 5.75 Å². The Labute approximate surface area is 188 Å². The number of methoxy groups -OCH3 is 1. The lowest BCUT2D eigenvalue weighted by Gasteiger charge is -2.24. The Morgan fingerprint density at radius 2 is 1.62 bits per heavy atom. The molecule has 0 aliphatic carbocycles. The predicted octanol–water partition coefficient (Wildman–Crippen LogP) is 6.19. The summed E-state index contributed by atoms with van der Waals surface area (Å²) in [6, 6.07) is 31.0. The van der Waals surface area contributed by atoms with Gasteiger partial charge in [-0.2, -0.15) is 5.10 Å². The van der Waals surface area contributed by atoms with E-state index >= 15 is 0 Å². The molecule has 1 aliphatic heterocycles. The molecule has 5 nitrogen and oxygen atoms in total. The summed E-state index contributed by atoms with van der Waals surface area (Å²) >= 11 is 0. The highest BCUT2D eigenvalue weighted by Gasteiger charge is 2.30. The zero-order valence-electron chi connectivity index (χ0n) is 17.8. The van der Waals surface area contributed by atoms with Crippen LogP contribution in [0.4, 0.5) is 17.1 Å². The molecular weight excluding hydrogens is 396 g/mol. The van der Waals surface area contributed by atoms with Gasteiger partial charge < -0.3 is 10.1 Å². The first-order chi connectivity index (χ1) is 15.8. The zero-order valence-corrected chi connectivity index (χ0v) is 17.8. The van der Waals surface area contributed by atoms with Crippen LogP contribution in [-0.4, -0.2) is 17.8 Å². The maximum absolute atomic E-state index is 5.34. The van der Waals surface area contributed by atoms with Crippen LogP contribution < -0.4 is 15.1 Å². The van der Waals surface area contributed by atoms with E-state index in [1.54, 1.807) is 19.5 Å². The van der Waals surface area contributed by atoms with E-state index in [2.05, 4.69) is 63.8 Å². The average molecular weight is 421 g/mol. The van der Waals surface area contributed by atoms with Crippen molar-refractivity contribution in [1.29, 1.82) is 0 Å². The molecule has 4 aromatic rings. The molecule has 1 atom stereocenters. The first-order valence-corrected chi connectivity index (χ1v) is 10.6. The zero-order chi connectivity index (χ0) is 21.8. The van der Waals surface area contributed by atoms with E-state index in [9.17, 15) is 0 Å². The van der Waals surface area contributed by atoms with E-state index in [1.807, 2.05) is 42.5 Å². The fourth-order valence-electron chi connectivity index (χ4n) is 3.97. The molecular formula is C27H24N4O. The summed E-state index contributed by atoms with van der Waals surface area (Å²) in [7, 11) is 1.69. The second-order valence-corrected chi connectivity index (χ2v) is 7.66. The molecule has 3 aromatic carbocycles. The Balaban J connectivity index is 1.47. The van der Waals surface area contributed by atoms with Crippen molar-refractivity contribution in [3.05, 3.63) is 115 Å². The second kappa shape index (κ2) is 8.94. The van der Waals surface area contributed by atoms with Gasteiger partial charge >= 0.3 is 0 Å². The monoisotopic (exact) mass is 420 g/mol. The summed E-state index contributed by atoms with van der Waals surface area (Å²) in [4.78, 5) is 4.08. The number of pyridine rings is 1. The lowest BCUT2D eigenvalue weighted by atomic mass is 9.98. The number of nitrogens with zero attached hydrogens (tertiary/aromatic N) is 3. The minimum Gasteiger partial charge on any atom is -0.497 e. The van der Waals surface area contributed by atoms with Gasteiger partial charge in [-0.3, -0.25) is 9.99 Å². The molecule has 1 unspecified atom stereocenters. The number of hydrazone groups is 1. The number of rotatable bonds is 6. The van der Waals surface area contributed by atoms with E-state index in [0.717, 1.165) is 40.5 Å². The fraction of sp³-hybridized carbons (Fsp3) is 0.111. The van der Waals surface area contributed by atoms with Gasteiger partial charge in [0, 0.05) is 30.2 Å². The van der Waals surface area contributed by atoms with E-state index in [4.69, 9.17) is 9.84 Å². The average Bonchev–Trinajstić information content (AvgIpc) is 3.31. The number of nitrogens with one attached hydrogen (secondary N) is 1. The van der Waals surface area contributed by atoms with Crippen LogP contribution in [0.3, 0.4) is 0 Å². The molecule has 0 bridgehead atoms. The molecule has 158 valence electrons. The lowest BCUT2D eigenvalue weighted by molar-refractivity contribution is 0.414. The summed E-state index contributed by atoms with van der Waals surface area (Å²) in [5, 5.41) is 10.6. The molecule has 32 heavy (non-hydrogen) atoms. The Kier molecular flexibility index (Phi) is 5.54. The molecule has 5 rings (SSSR count). The van der Waals surface area contributed by atoms with Crippen molar-refractivity contribution in [2.75, 3.05) is 17.4 Å².